The molecule has 0 fully saturated rings. The van der Waals surface area contributed by atoms with Crippen LogP contribution in [0.5, 0.6) is 0 Å². The Labute approximate surface area is 156 Å². The molecule has 0 amide bonds. The first kappa shape index (κ1) is 18.0. The second kappa shape index (κ2) is 8.07. The standard InChI is InChI=1S/C22H26N2.ClH/c1-17-12-14-24-21-10-6-5-9-19(21)20(22(24)15-17)11-13-23-16-18-7-3-2-4-8-18;/h2-4,7-8,12,14-15,23H,5-6,9-11,13,16H2,1H3;1H. The Morgan fingerprint density at radius 3 is 2.68 bits per heavy atom. The highest BCUT2D eigenvalue weighted by Crippen LogP contribution is 2.31. The first-order valence-corrected chi connectivity index (χ1v) is 9.19. The quantitative estimate of drug-likeness (QED) is 0.646. The Morgan fingerprint density at radius 2 is 1.84 bits per heavy atom. The van der Waals surface area contributed by atoms with Gasteiger partial charge < -0.3 is 9.72 Å². The van der Waals surface area contributed by atoms with Gasteiger partial charge in [-0.25, -0.2) is 0 Å². The summed E-state index contributed by atoms with van der Waals surface area (Å²) in [5, 5.41) is 3.62. The third-order valence-electron chi connectivity index (χ3n) is 5.24. The number of aromatic nitrogens is 1. The van der Waals surface area contributed by atoms with Crippen LogP contribution >= 0.6 is 12.4 Å². The second-order valence-electron chi connectivity index (χ2n) is 6.98. The topological polar surface area (TPSA) is 16.4 Å². The van der Waals surface area contributed by atoms with Gasteiger partial charge in [-0.3, -0.25) is 0 Å². The zero-order valence-electron chi connectivity index (χ0n) is 14.9. The number of halogens is 1. The molecule has 1 aliphatic rings. The van der Waals surface area contributed by atoms with Crippen molar-refractivity contribution in [3.8, 4) is 0 Å². The molecule has 2 aromatic heterocycles. The van der Waals surface area contributed by atoms with Gasteiger partial charge in [0.05, 0.1) is 0 Å². The third kappa shape index (κ3) is 3.75. The van der Waals surface area contributed by atoms with Gasteiger partial charge >= 0.3 is 0 Å². The smallest absolute Gasteiger partial charge is 0.0490 e. The van der Waals surface area contributed by atoms with Crippen molar-refractivity contribution >= 4 is 17.9 Å². The molecule has 0 bridgehead atoms. The maximum Gasteiger partial charge on any atom is 0.0490 e. The Balaban J connectivity index is 0.00000182. The van der Waals surface area contributed by atoms with Gasteiger partial charge in [-0.15, -0.1) is 12.4 Å². The summed E-state index contributed by atoms with van der Waals surface area (Å²) >= 11 is 0. The number of benzene rings is 1. The van der Waals surface area contributed by atoms with Crippen LogP contribution < -0.4 is 5.32 Å². The predicted molar refractivity (Wildman–Crippen MR) is 108 cm³/mol. The fourth-order valence-corrected chi connectivity index (χ4v) is 4.03. The van der Waals surface area contributed by atoms with Crippen molar-refractivity contribution in [2.24, 2.45) is 0 Å². The third-order valence-corrected chi connectivity index (χ3v) is 5.24. The zero-order valence-corrected chi connectivity index (χ0v) is 15.7. The van der Waals surface area contributed by atoms with Gasteiger partial charge in [-0.2, -0.15) is 0 Å². The number of fused-ring (bicyclic) bond motifs is 3. The molecular weight excluding hydrogens is 328 g/mol. The average Bonchev–Trinajstić information content (AvgIpc) is 2.93. The summed E-state index contributed by atoms with van der Waals surface area (Å²) in [7, 11) is 0. The van der Waals surface area contributed by atoms with Crippen LogP contribution in [0.4, 0.5) is 0 Å². The van der Waals surface area contributed by atoms with Crippen molar-refractivity contribution in [3.63, 3.8) is 0 Å². The predicted octanol–water partition coefficient (Wildman–Crippen LogP) is 4.88. The average molecular weight is 355 g/mol. The largest absolute Gasteiger partial charge is 0.320 e. The Hall–Kier alpha value is -1.77. The Bertz CT molecular complexity index is 836. The van der Waals surface area contributed by atoms with Gasteiger partial charge in [0.2, 0.25) is 0 Å². The molecule has 3 heteroatoms. The van der Waals surface area contributed by atoms with Crippen LogP contribution in [-0.2, 0) is 25.8 Å². The molecular formula is C22H27ClN2. The SMILES string of the molecule is Cc1ccn2c3c(c(CCNCc4ccccc4)c2c1)CCCC3.Cl. The van der Waals surface area contributed by atoms with Crippen LogP contribution in [0.15, 0.2) is 48.7 Å². The van der Waals surface area contributed by atoms with Crippen LogP contribution in [-0.4, -0.2) is 10.9 Å². The van der Waals surface area contributed by atoms with Crippen LogP contribution in [0, 0.1) is 6.92 Å². The molecule has 0 aliphatic heterocycles. The Morgan fingerprint density at radius 1 is 1.04 bits per heavy atom. The molecule has 25 heavy (non-hydrogen) atoms. The molecule has 2 heterocycles. The summed E-state index contributed by atoms with van der Waals surface area (Å²) in [5.74, 6) is 0. The molecule has 0 spiro atoms. The number of nitrogens with zero attached hydrogens (tertiary/aromatic N) is 1. The maximum absolute atomic E-state index is 3.62. The van der Waals surface area contributed by atoms with Gasteiger partial charge in [-0.1, -0.05) is 30.3 Å². The van der Waals surface area contributed by atoms with Crippen LogP contribution in [0.25, 0.3) is 5.52 Å². The van der Waals surface area contributed by atoms with Gasteiger partial charge in [0.1, 0.15) is 0 Å². The lowest BCUT2D eigenvalue weighted by Gasteiger charge is -2.13. The molecule has 2 nitrogen and oxygen atoms in total. The van der Waals surface area contributed by atoms with E-state index in [2.05, 4.69) is 65.3 Å². The molecule has 0 saturated carbocycles. The van der Waals surface area contributed by atoms with Gasteiger partial charge in [0.25, 0.3) is 0 Å². The van der Waals surface area contributed by atoms with Crippen molar-refractivity contribution in [1.82, 2.24) is 9.72 Å². The van der Waals surface area contributed by atoms with Crippen molar-refractivity contribution in [1.29, 1.82) is 0 Å². The summed E-state index contributed by atoms with van der Waals surface area (Å²) < 4.78 is 2.45. The maximum atomic E-state index is 3.62. The van der Waals surface area contributed by atoms with Crippen molar-refractivity contribution < 1.29 is 0 Å². The minimum absolute atomic E-state index is 0. The molecule has 132 valence electrons. The minimum atomic E-state index is 0. The summed E-state index contributed by atoms with van der Waals surface area (Å²) in [6.07, 6.45) is 8.55. The van der Waals surface area contributed by atoms with E-state index >= 15 is 0 Å². The van der Waals surface area contributed by atoms with Crippen molar-refractivity contribution in [2.75, 3.05) is 6.54 Å². The van der Waals surface area contributed by atoms with Crippen molar-refractivity contribution in [2.45, 2.75) is 45.6 Å². The molecule has 4 rings (SSSR count). The zero-order chi connectivity index (χ0) is 16.4. The van der Waals surface area contributed by atoms with E-state index in [1.807, 2.05) is 0 Å². The molecule has 1 aromatic carbocycles. The van der Waals surface area contributed by atoms with Crippen LogP contribution in [0.3, 0.4) is 0 Å². The van der Waals surface area contributed by atoms with E-state index < -0.39 is 0 Å². The monoisotopic (exact) mass is 354 g/mol. The molecule has 0 saturated heterocycles. The fraction of sp³-hybridized carbons (Fsp3) is 0.364. The molecule has 0 atom stereocenters. The van der Waals surface area contributed by atoms with E-state index in [0.29, 0.717) is 0 Å². The van der Waals surface area contributed by atoms with E-state index in [1.165, 1.54) is 42.3 Å². The summed E-state index contributed by atoms with van der Waals surface area (Å²) in [5.41, 5.74) is 8.92. The number of rotatable bonds is 5. The molecule has 1 N–H and O–H groups in total. The molecule has 0 unspecified atom stereocenters. The highest BCUT2D eigenvalue weighted by Gasteiger charge is 2.20. The number of hydrogen-bond donors (Lipinski definition) is 1. The molecule has 3 aromatic rings. The van der Waals surface area contributed by atoms with E-state index in [-0.39, 0.29) is 12.4 Å². The highest BCUT2D eigenvalue weighted by molar-refractivity contribution is 5.85. The number of pyridine rings is 1. The summed E-state index contributed by atoms with van der Waals surface area (Å²) in [4.78, 5) is 0. The van der Waals surface area contributed by atoms with Crippen LogP contribution in [0.1, 0.15) is 40.8 Å². The first-order chi connectivity index (χ1) is 11.8. The fourth-order valence-electron chi connectivity index (χ4n) is 4.03. The van der Waals surface area contributed by atoms with E-state index in [9.17, 15) is 0 Å². The van der Waals surface area contributed by atoms with E-state index in [1.54, 1.807) is 16.8 Å². The summed E-state index contributed by atoms with van der Waals surface area (Å²) in [6, 6.07) is 15.3. The number of hydrogen-bond acceptors (Lipinski definition) is 1. The van der Waals surface area contributed by atoms with E-state index in [4.69, 9.17) is 0 Å². The van der Waals surface area contributed by atoms with Gasteiger partial charge in [0, 0.05) is 24.0 Å². The van der Waals surface area contributed by atoms with Gasteiger partial charge in [0.15, 0.2) is 0 Å². The van der Waals surface area contributed by atoms with E-state index in [0.717, 1.165) is 19.5 Å². The lowest BCUT2D eigenvalue weighted by atomic mass is 9.93. The highest BCUT2D eigenvalue weighted by atomic mass is 35.5. The lowest BCUT2D eigenvalue weighted by Crippen LogP contribution is -2.17. The minimum Gasteiger partial charge on any atom is -0.320 e. The van der Waals surface area contributed by atoms with Crippen molar-refractivity contribution in [3.05, 3.63) is 76.6 Å². The van der Waals surface area contributed by atoms with Crippen LogP contribution in [0.2, 0.25) is 0 Å². The number of aryl methyl sites for hydroxylation is 2. The first-order valence-electron chi connectivity index (χ1n) is 9.19. The normalized spacial score (nSPS) is 13.5. The Kier molecular flexibility index (Phi) is 5.82. The lowest BCUT2D eigenvalue weighted by molar-refractivity contribution is 0.656. The molecule has 0 radical (unpaired) electrons. The number of nitrogens with one attached hydrogen (secondary N) is 1. The summed E-state index contributed by atoms with van der Waals surface area (Å²) in [6.45, 7) is 4.19. The second-order valence-corrected chi connectivity index (χ2v) is 6.98. The van der Waals surface area contributed by atoms with Gasteiger partial charge in [-0.05, 0) is 80.0 Å². The molecule has 1 aliphatic carbocycles.